The van der Waals surface area contributed by atoms with Crippen molar-refractivity contribution in [1.82, 2.24) is 14.8 Å². The van der Waals surface area contributed by atoms with Gasteiger partial charge in [0.25, 0.3) is 0 Å². The Morgan fingerprint density at radius 3 is 3.00 bits per heavy atom. The number of halogens is 1. The first-order valence-electron chi connectivity index (χ1n) is 5.84. The second-order valence-corrected chi connectivity index (χ2v) is 4.87. The summed E-state index contributed by atoms with van der Waals surface area (Å²) in [4.78, 5) is 16.3. The van der Waals surface area contributed by atoms with E-state index in [9.17, 15) is 4.79 Å². The zero-order valence-electron chi connectivity index (χ0n) is 10.5. The second kappa shape index (κ2) is 6.58. The van der Waals surface area contributed by atoms with Gasteiger partial charge in [0.2, 0.25) is 0 Å². The standard InChI is InChI=1S/C13H14BrN3O2/c1-19-6-5-17-13(11(14)9-16-17)12(18)7-10-3-2-4-15-8-10/h2-4,8-9H,5-7H2,1H3. The van der Waals surface area contributed by atoms with Crippen LogP contribution in [0.3, 0.4) is 0 Å². The molecule has 0 saturated heterocycles. The van der Waals surface area contributed by atoms with Crippen molar-refractivity contribution in [2.45, 2.75) is 13.0 Å². The highest BCUT2D eigenvalue weighted by Gasteiger charge is 2.17. The Kier molecular flexibility index (Phi) is 4.81. The van der Waals surface area contributed by atoms with Gasteiger partial charge in [0.1, 0.15) is 5.69 Å². The first kappa shape index (κ1) is 13.9. The molecule has 0 N–H and O–H groups in total. The number of ether oxygens (including phenoxy) is 1. The van der Waals surface area contributed by atoms with Crippen LogP contribution in [0.2, 0.25) is 0 Å². The fourth-order valence-electron chi connectivity index (χ4n) is 1.76. The van der Waals surface area contributed by atoms with Crippen molar-refractivity contribution in [3.05, 3.63) is 46.5 Å². The van der Waals surface area contributed by atoms with Crippen LogP contribution in [0, 0.1) is 0 Å². The summed E-state index contributed by atoms with van der Waals surface area (Å²) in [5.74, 6) is 0.00785. The summed E-state index contributed by atoms with van der Waals surface area (Å²) in [5.41, 5.74) is 1.46. The van der Waals surface area contributed by atoms with Crippen molar-refractivity contribution in [3.8, 4) is 0 Å². The molecule has 2 aromatic rings. The van der Waals surface area contributed by atoms with E-state index in [1.54, 1.807) is 30.4 Å². The third-order valence-electron chi connectivity index (χ3n) is 2.65. The van der Waals surface area contributed by atoms with Crippen molar-refractivity contribution >= 4 is 21.7 Å². The smallest absolute Gasteiger partial charge is 0.186 e. The Balaban J connectivity index is 2.16. The number of hydrogen-bond acceptors (Lipinski definition) is 4. The SMILES string of the molecule is COCCn1ncc(Br)c1C(=O)Cc1cccnc1. The van der Waals surface area contributed by atoms with Gasteiger partial charge in [-0.25, -0.2) is 0 Å². The summed E-state index contributed by atoms with van der Waals surface area (Å²) < 4.78 is 7.38. The van der Waals surface area contributed by atoms with E-state index in [0.29, 0.717) is 29.7 Å². The molecule has 100 valence electrons. The molecule has 0 spiro atoms. The summed E-state index contributed by atoms with van der Waals surface area (Å²) >= 11 is 3.36. The molecule has 2 aromatic heterocycles. The third-order valence-corrected chi connectivity index (χ3v) is 3.23. The van der Waals surface area contributed by atoms with Crippen molar-refractivity contribution in [3.63, 3.8) is 0 Å². The number of nitrogens with zero attached hydrogens (tertiary/aromatic N) is 3. The summed E-state index contributed by atoms with van der Waals surface area (Å²) in [7, 11) is 1.62. The predicted octanol–water partition coefficient (Wildman–Crippen LogP) is 2.11. The maximum absolute atomic E-state index is 12.3. The van der Waals surface area contributed by atoms with Gasteiger partial charge in [0.05, 0.1) is 23.8 Å². The summed E-state index contributed by atoms with van der Waals surface area (Å²) in [5, 5.41) is 4.17. The molecule has 0 aromatic carbocycles. The van der Waals surface area contributed by atoms with E-state index < -0.39 is 0 Å². The minimum atomic E-state index is 0.00785. The molecule has 0 atom stereocenters. The van der Waals surface area contributed by atoms with E-state index in [2.05, 4.69) is 26.0 Å². The first-order valence-corrected chi connectivity index (χ1v) is 6.64. The molecule has 19 heavy (non-hydrogen) atoms. The maximum Gasteiger partial charge on any atom is 0.186 e. The number of rotatable bonds is 6. The molecular weight excluding hydrogens is 310 g/mol. The van der Waals surface area contributed by atoms with Gasteiger partial charge < -0.3 is 4.74 Å². The lowest BCUT2D eigenvalue weighted by atomic mass is 10.1. The number of hydrogen-bond donors (Lipinski definition) is 0. The van der Waals surface area contributed by atoms with E-state index in [1.165, 1.54) is 0 Å². The predicted molar refractivity (Wildman–Crippen MR) is 74.1 cm³/mol. The molecule has 0 fully saturated rings. The Bertz CT molecular complexity index is 554. The highest BCUT2D eigenvalue weighted by molar-refractivity contribution is 9.10. The number of Topliss-reactive ketones (excluding diaryl/α,β-unsaturated/α-hetero) is 1. The van der Waals surface area contributed by atoms with E-state index in [-0.39, 0.29) is 5.78 Å². The number of carbonyl (C=O) groups excluding carboxylic acids is 1. The fourth-order valence-corrected chi connectivity index (χ4v) is 2.28. The minimum Gasteiger partial charge on any atom is -0.383 e. The summed E-state index contributed by atoms with van der Waals surface area (Å²) in [6.45, 7) is 1.07. The molecule has 2 heterocycles. The molecular formula is C13H14BrN3O2. The Labute approximate surface area is 119 Å². The van der Waals surface area contributed by atoms with Gasteiger partial charge in [-0.1, -0.05) is 6.07 Å². The van der Waals surface area contributed by atoms with Gasteiger partial charge in [0, 0.05) is 25.9 Å². The number of pyridine rings is 1. The van der Waals surface area contributed by atoms with Crippen LogP contribution in [0.5, 0.6) is 0 Å². The average molecular weight is 324 g/mol. The Morgan fingerprint density at radius 1 is 1.47 bits per heavy atom. The molecule has 0 unspecified atom stereocenters. The highest BCUT2D eigenvalue weighted by Crippen LogP contribution is 2.18. The Morgan fingerprint density at radius 2 is 2.32 bits per heavy atom. The lowest BCUT2D eigenvalue weighted by Gasteiger charge is -2.06. The van der Waals surface area contributed by atoms with Crippen LogP contribution >= 0.6 is 15.9 Å². The van der Waals surface area contributed by atoms with Crippen molar-refractivity contribution in [2.24, 2.45) is 0 Å². The van der Waals surface area contributed by atoms with E-state index >= 15 is 0 Å². The minimum absolute atomic E-state index is 0.00785. The molecule has 2 rings (SSSR count). The van der Waals surface area contributed by atoms with Crippen LogP contribution in [0.4, 0.5) is 0 Å². The molecule has 0 aliphatic carbocycles. The lowest BCUT2D eigenvalue weighted by molar-refractivity contribution is 0.0978. The molecule has 0 radical (unpaired) electrons. The van der Waals surface area contributed by atoms with Crippen LogP contribution in [0.25, 0.3) is 0 Å². The fraction of sp³-hybridized carbons (Fsp3) is 0.308. The molecule has 0 bridgehead atoms. The first-order chi connectivity index (χ1) is 9.22. The number of carbonyl (C=O) groups is 1. The molecule has 6 heteroatoms. The van der Waals surface area contributed by atoms with Crippen molar-refractivity contribution < 1.29 is 9.53 Å². The van der Waals surface area contributed by atoms with Crippen LogP contribution < -0.4 is 0 Å². The summed E-state index contributed by atoms with van der Waals surface area (Å²) in [6, 6.07) is 3.70. The van der Waals surface area contributed by atoms with Gasteiger partial charge in [-0.3, -0.25) is 14.5 Å². The molecule has 5 nitrogen and oxygen atoms in total. The third kappa shape index (κ3) is 3.48. The average Bonchev–Trinajstić information content (AvgIpc) is 2.78. The molecule has 0 aliphatic heterocycles. The Hall–Kier alpha value is -1.53. The molecule has 0 saturated carbocycles. The summed E-state index contributed by atoms with van der Waals surface area (Å²) in [6.07, 6.45) is 5.33. The van der Waals surface area contributed by atoms with Gasteiger partial charge in [-0.05, 0) is 27.6 Å². The van der Waals surface area contributed by atoms with E-state index in [0.717, 1.165) is 5.56 Å². The number of methoxy groups -OCH3 is 1. The molecule has 0 amide bonds. The van der Waals surface area contributed by atoms with Crippen LogP contribution in [0.15, 0.2) is 35.2 Å². The maximum atomic E-state index is 12.3. The van der Waals surface area contributed by atoms with Gasteiger partial charge in [-0.15, -0.1) is 0 Å². The number of aromatic nitrogens is 3. The van der Waals surface area contributed by atoms with Gasteiger partial charge in [-0.2, -0.15) is 5.10 Å². The van der Waals surface area contributed by atoms with Gasteiger partial charge >= 0.3 is 0 Å². The van der Waals surface area contributed by atoms with E-state index in [1.807, 2.05) is 12.1 Å². The monoisotopic (exact) mass is 323 g/mol. The van der Waals surface area contributed by atoms with Crippen LogP contribution in [0.1, 0.15) is 16.1 Å². The van der Waals surface area contributed by atoms with Crippen LogP contribution in [-0.2, 0) is 17.7 Å². The lowest BCUT2D eigenvalue weighted by Crippen LogP contribution is -2.15. The second-order valence-electron chi connectivity index (χ2n) is 4.02. The topological polar surface area (TPSA) is 57.0 Å². The quantitative estimate of drug-likeness (QED) is 0.764. The number of ketones is 1. The zero-order valence-corrected chi connectivity index (χ0v) is 12.1. The highest BCUT2D eigenvalue weighted by atomic mass is 79.9. The molecule has 0 aliphatic rings. The normalized spacial score (nSPS) is 10.6. The van der Waals surface area contributed by atoms with Gasteiger partial charge in [0.15, 0.2) is 5.78 Å². The van der Waals surface area contributed by atoms with Crippen molar-refractivity contribution in [1.29, 1.82) is 0 Å². The van der Waals surface area contributed by atoms with E-state index in [4.69, 9.17) is 4.74 Å². The zero-order chi connectivity index (χ0) is 13.7. The van der Waals surface area contributed by atoms with Crippen LogP contribution in [-0.4, -0.2) is 34.3 Å². The largest absolute Gasteiger partial charge is 0.383 e. The van der Waals surface area contributed by atoms with Crippen molar-refractivity contribution in [2.75, 3.05) is 13.7 Å².